The number of carbonyl (C=O) groups is 2. The lowest BCUT2D eigenvalue weighted by atomic mass is 9.89. The van der Waals surface area contributed by atoms with Crippen LogP contribution in [0.1, 0.15) is 79.5 Å². The van der Waals surface area contributed by atoms with Crippen LogP contribution in [0.3, 0.4) is 0 Å². The van der Waals surface area contributed by atoms with Crippen molar-refractivity contribution in [2.75, 3.05) is 19.6 Å². The summed E-state index contributed by atoms with van der Waals surface area (Å²) in [5.74, 6) is 0.234. The molecule has 0 radical (unpaired) electrons. The minimum atomic E-state index is 0.00316. The van der Waals surface area contributed by atoms with Gasteiger partial charge in [-0.25, -0.2) is 4.79 Å². The predicted octanol–water partition coefficient (Wildman–Crippen LogP) is 3.36. The number of rotatable bonds is 4. The van der Waals surface area contributed by atoms with E-state index in [4.69, 9.17) is 4.98 Å². The van der Waals surface area contributed by atoms with Crippen molar-refractivity contribution in [3.05, 3.63) is 29.1 Å². The van der Waals surface area contributed by atoms with Gasteiger partial charge in [-0.3, -0.25) is 9.78 Å². The monoisotopic (exact) mass is 372 g/mol. The average Bonchev–Trinajstić information content (AvgIpc) is 2.69. The van der Waals surface area contributed by atoms with Gasteiger partial charge < -0.3 is 15.5 Å². The topological polar surface area (TPSA) is 74.3 Å². The van der Waals surface area contributed by atoms with E-state index in [9.17, 15) is 9.59 Å². The maximum absolute atomic E-state index is 12.9. The van der Waals surface area contributed by atoms with E-state index in [0.717, 1.165) is 37.1 Å². The number of amides is 3. The minimum absolute atomic E-state index is 0.00316. The Bertz CT molecular complexity index is 662. The third kappa shape index (κ3) is 4.99. The van der Waals surface area contributed by atoms with Crippen molar-refractivity contribution in [2.24, 2.45) is 0 Å². The highest BCUT2D eigenvalue weighted by Crippen LogP contribution is 2.30. The van der Waals surface area contributed by atoms with E-state index in [1.54, 1.807) is 0 Å². The second kappa shape index (κ2) is 9.20. The van der Waals surface area contributed by atoms with Gasteiger partial charge in [0.2, 0.25) is 0 Å². The smallest absolute Gasteiger partial charge is 0.317 e. The molecule has 0 aromatic carbocycles. The third-order valence-corrected chi connectivity index (χ3v) is 5.75. The van der Waals surface area contributed by atoms with E-state index in [-0.39, 0.29) is 17.9 Å². The SMILES string of the molecule is CCNC(=O)N1CCC(c2nc(C)ccc2C(=O)NC2CCCCC2)CC1. The van der Waals surface area contributed by atoms with Crippen molar-refractivity contribution >= 4 is 11.9 Å². The number of carbonyl (C=O) groups excluding carboxylic acids is 2. The van der Waals surface area contributed by atoms with Crippen LogP contribution in [-0.2, 0) is 0 Å². The Morgan fingerprint density at radius 2 is 1.81 bits per heavy atom. The molecule has 1 saturated carbocycles. The number of aryl methyl sites for hydroxylation is 1. The summed E-state index contributed by atoms with van der Waals surface area (Å²) in [4.78, 5) is 31.5. The first-order valence-electron chi connectivity index (χ1n) is 10.4. The number of pyridine rings is 1. The fraction of sp³-hybridized carbons (Fsp3) is 0.667. The van der Waals surface area contributed by atoms with Gasteiger partial charge >= 0.3 is 6.03 Å². The molecule has 1 saturated heterocycles. The van der Waals surface area contributed by atoms with Crippen LogP contribution in [0.5, 0.6) is 0 Å². The lowest BCUT2D eigenvalue weighted by Crippen LogP contribution is -2.44. The van der Waals surface area contributed by atoms with E-state index in [1.165, 1.54) is 19.3 Å². The Kier molecular flexibility index (Phi) is 6.69. The fourth-order valence-electron chi connectivity index (χ4n) is 4.21. The number of hydrogen-bond donors (Lipinski definition) is 2. The fourth-order valence-corrected chi connectivity index (χ4v) is 4.21. The molecule has 6 heteroatoms. The van der Waals surface area contributed by atoms with Crippen LogP contribution < -0.4 is 10.6 Å². The van der Waals surface area contributed by atoms with Gasteiger partial charge in [-0.05, 0) is 51.7 Å². The van der Waals surface area contributed by atoms with Crippen molar-refractivity contribution < 1.29 is 9.59 Å². The van der Waals surface area contributed by atoms with Crippen LogP contribution in [0.15, 0.2) is 12.1 Å². The van der Waals surface area contributed by atoms with E-state index >= 15 is 0 Å². The standard InChI is InChI=1S/C21H32N4O2/c1-3-22-21(27)25-13-11-16(12-14-25)19-18(10-9-15(2)23-19)20(26)24-17-7-5-4-6-8-17/h9-10,16-17H,3-8,11-14H2,1-2H3,(H,22,27)(H,24,26). The van der Waals surface area contributed by atoms with Gasteiger partial charge in [-0.2, -0.15) is 0 Å². The van der Waals surface area contributed by atoms with Crippen LogP contribution in [0.4, 0.5) is 4.79 Å². The molecule has 1 aromatic heterocycles. The summed E-state index contributed by atoms with van der Waals surface area (Å²) >= 11 is 0. The van der Waals surface area contributed by atoms with Crippen molar-refractivity contribution in [3.63, 3.8) is 0 Å². The molecule has 0 atom stereocenters. The van der Waals surface area contributed by atoms with Crippen LogP contribution in [0, 0.1) is 6.92 Å². The summed E-state index contributed by atoms with van der Waals surface area (Å²) in [6, 6.07) is 4.14. The largest absolute Gasteiger partial charge is 0.349 e. The molecule has 1 aliphatic heterocycles. The molecular weight excluding hydrogens is 340 g/mol. The number of nitrogens with zero attached hydrogens (tertiary/aromatic N) is 2. The molecular formula is C21H32N4O2. The van der Waals surface area contributed by atoms with Crippen LogP contribution in [-0.4, -0.2) is 47.5 Å². The molecule has 3 rings (SSSR count). The molecule has 3 amide bonds. The summed E-state index contributed by atoms with van der Waals surface area (Å²) in [6.45, 7) is 5.95. The maximum atomic E-state index is 12.9. The highest BCUT2D eigenvalue weighted by Gasteiger charge is 2.28. The van der Waals surface area contributed by atoms with E-state index in [2.05, 4.69) is 10.6 Å². The van der Waals surface area contributed by atoms with Crippen LogP contribution >= 0.6 is 0 Å². The summed E-state index contributed by atoms with van der Waals surface area (Å²) in [5.41, 5.74) is 2.55. The van der Waals surface area contributed by atoms with Crippen molar-refractivity contribution in [1.82, 2.24) is 20.5 Å². The van der Waals surface area contributed by atoms with E-state index in [1.807, 2.05) is 30.9 Å². The Balaban J connectivity index is 1.69. The second-order valence-electron chi connectivity index (χ2n) is 7.79. The predicted molar refractivity (Wildman–Crippen MR) is 106 cm³/mol. The van der Waals surface area contributed by atoms with Gasteiger partial charge in [0.15, 0.2) is 0 Å². The first-order chi connectivity index (χ1) is 13.1. The van der Waals surface area contributed by atoms with Gasteiger partial charge in [-0.1, -0.05) is 19.3 Å². The van der Waals surface area contributed by atoms with E-state index < -0.39 is 0 Å². The van der Waals surface area contributed by atoms with Gasteiger partial charge in [0.25, 0.3) is 5.91 Å². The third-order valence-electron chi connectivity index (χ3n) is 5.75. The summed E-state index contributed by atoms with van der Waals surface area (Å²) in [6.07, 6.45) is 7.50. The summed E-state index contributed by atoms with van der Waals surface area (Å²) in [7, 11) is 0. The highest BCUT2D eigenvalue weighted by atomic mass is 16.2. The Morgan fingerprint density at radius 1 is 1.11 bits per heavy atom. The van der Waals surface area contributed by atoms with Gasteiger partial charge in [0.05, 0.1) is 11.3 Å². The average molecular weight is 373 g/mol. The molecule has 0 unspecified atom stereocenters. The molecule has 2 fully saturated rings. The number of likely N-dealkylation sites (tertiary alicyclic amines) is 1. The molecule has 27 heavy (non-hydrogen) atoms. The quantitative estimate of drug-likeness (QED) is 0.851. The Morgan fingerprint density at radius 3 is 2.48 bits per heavy atom. The lowest BCUT2D eigenvalue weighted by Gasteiger charge is -2.32. The van der Waals surface area contributed by atoms with E-state index in [0.29, 0.717) is 31.2 Å². The summed E-state index contributed by atoms with van der Waals surface area (Å²) in [5, 5.41) is 6.09. The number of aromatic nitrogens is 1. The molecule has 6 nitrogen and oxygen atoms in total. The number of urea groups is 1. The molecule has 2 N–H and O–H groups in total. The first-order valence-corrected chi connectivity index (χ1v) is 10.4. The van der Waals surface area contributed by atoms with Crippen molar-refractivity contribution in [1.29, 1.82) is 0 Å². The zero-order chi connectivity index (χ0) is 19.2. The molecule has 1 aliphatic carbocycles. The van der Waals surface area contributed by atoms with Gasteiger partial charge in [0.1, 0.15) is 0 Å². The highest BCUT2D eigenvalue weighted by molar-refractivity contribution is 5.95. The molecule has 1 aromatic rings. The Hall–Kier alpha value is -2.11. The molecule has 2 aliphatic rings. The molecule has 0 spiro atoms. The second-order valence-corrected chi connectivity index (χ2v) is 7.79. The number of hydrogen-bond acceptors (Lipinski definition) is 3. The van der Waals surface area contributed by atoms with Crippen molar-refractivity contribution in [2.45, 2.75) is 70.8 Å². The minimum Gasteiger partial charge on any atom is -0.349 e. The normalized spacial score (nSPS) is 19.0. The number of nitrogens with one attached hydrogen (secondary N) is 2. The molecule has 0 bridgehead atoms. The molecule has 2 heterocycles. The number of piperidine rings is 1. The van der Waals surface area contributed by atoms with Gasteiger partial charge in [-0.15, -0.1) is 0 Å². The maximum Gasteiger partial charge on any atom is 0.317 e. The van der Waals surface area contributed by atoms with Crippen LogP contribution in [0.2, 0.25) is 0 Å². The van der Waals surface area contributed by atoms with Crippen LogP contribution in [0.25, 0.3) is 0 Å². The van der Waals surface area contributed by atoms with Gasteiger partial charge in [0, 0.05) is 37.3 Å². The zero-order valence-corrected chi connectivity index (χ0v) is 16.6. The summed E-state index contributed by atoms with van der Waals surface area (Å²) < 4.78 is 0. The lowest BCUT2D eigenvalue weighted by molar-refractivity contribution is 0.0924. The molecule has 148 valence electrons. The zero-order valence-electron chi connectivity index (χ0n) is 16.6. The van der Waals surface area contributed by atoms with Crippen molar-refractivity contribution in [3.8, 4) is 0 Å². The first kappa shape index (κ1) is 19.6. The Labute approximate surface area is 162 Å².